The van der Waals surface area contributed by atoms with E-state index in [4.69, 9.17) is 19.2 Å². The van der Waals surface area contributed by atoms with Crippen LogP contribution in [0.2, 0.25) is 0 Å². The zero-order valence-electron chi connectivity index (χ0n) is 17.2. The fourth-order valence-electron chi connectivity index (χ4n) is 3.61. The Hall–Kier alpha value is -3.50. The molecule has 4 aromatic rings. The van der Waals surface area contributed by atoms with Crippen LogP contribution in [0.4, 0.5) is 0 Å². The lowest BCUT2D eigenvalue weighted by Gasteiger charge is -2.11. The van der Waals surface area contributed by atoms with Crippen molar-refractivity contribution in [2.24, 2.45) is 0 Å². The van der Waals surface area contributed by atoms with E-state index in [1.54, 1.807) is 32.7 Å². The lowest BCUT2D eigenvalue weighted by atomic mass is 10.1. The summed E-state index contributed by atoms with van der Waals surface area (Å²) in [4.78, 5) is 5.68. The largest absolute Gasteiger partial charge is 0.497 e. The summed E-state index contributed by atoms with van der Waals surface area (Å²) >= 11 is 1.54. The van der Waals surface area contributed by atoms with E-state index in [2.05, 4.69) is 21.9 Å². The first kappa shape index (κ1) is 19.8. The summed E-state index contributed by atoms with van der Waals surface area (Å²) in [5, 5.41) is 11.6. The van der Waals surface area contributed by atoms with E-state index in [0.717, 1.165) is 44.5 Å². The highest BCUT2D eigenvalue weighted by Crippen LogP contribution is 2.39. The number of rotatable bonds is 6. The molecule has 0 radical (unpaired) electrons. The van der Waals surface area contributed by atoms with Crippen molar-refractivity contribution in [3.8, 4) is 45.8 Å². The number of aryl methyl sites for hydroxylation is 1. The smallest absolute Gasteiger partial charge is 0.195 e. The monoisotopic (exact) mass is 419 g/mol. The van der Waals surface area contributed by atoms with Gasteiger partial charge in [0, 0.05) is 10.9 Å². The second-order valence-corrected chi connectivity index (χ2v) is 7.57. The topological polar surface area (TPSA) is 68.8 Å². The summed E-state index contributed by atoms with van der Waals surface area (Å²) in [6.45, 7) is 2.02. The molecule has 0 fully saturated rings. The van der Waals surface area contributed by atoms with Crippen LogP contribution in [0.1, 0.15) is 11.3 Å². The van der Waals surface area contributed by atoms with Crippen LogP contribution in [0.3, 0.4) is 0 Å². The molecule has 30 heavy (non-hydrogen) atoms. The van der Waals surface area contributed by atoms with Gasteiger partial charge in [0.1, 0.15) is 17.2 Å². The molecule has 0 saturated carbocycles. The summed E-state index contributed by atoms with van der Waals surface area (Å²) in [6, 6.07) is 13.9. The number of nitrogens with zero attached hydrogens (tertiary/aromatic N) is 3. The number of ether oxygens (including phenoxy) is 3. The molecule has 2 heterocycles. The van der Waals surface area contributed by atoms with Crippen LogP contribution in [0.5, 0.6) is 17.2 Å². The number of thiazole rings is 1. The van der Waals surface area contributed by atoms with Gasteiger partial charge < -0.3 is 14.2 Å². The Morgan fingerprint density at radius 3 is 2.47 bits per heavy atom. The van der Waals surface area contributed by atoms with E-state index >= 15 is 0 Å². The molecule has 0 atom stereocenters. The summed E-state index contributed by atoms with van der Waals surface area (Å²) in [6.07, 6.45) is 0.218. The molecule has 0 spiro atoms. The number of methoxy groups -OCH3 is 3. The summed E-state index contributed by atoms with van der Waals surface area (Å²) in [5.74, 6) is 2.23. The van der Waals surface area contributed by atoms with E-state index < -0.39 is 0 Å². The van der Waals surface area contributed by atoms with Crippen molar-refractivity contribution in [3.63, 3.8) is 0 Å². The minimum atomic E-state index is 0.218. The van der Waals surface area contributed by atoms with Crippen LogP contribution in [0.15, 0.2) is 41.8 Å². The van der Waals surface area contributed by atoms with Gasteiger partial charge in [0.05, 0.1) is 50.9 Å². The Balaban J connectivity index is 1.96. The van der Waals surface area contributed by atoms with Crippen LogP contribution in [-0.2, 0) is 6.42 Å². The number of aromatic nitrogens is 2. The van der Waals surface area contributed by atoms with E-state index in [-0.39, 0.29) is 6.42 Å². The number of imidazole rings is 1. The van der Waals surface area contributed by atoms with E-state index in [9.17, 15) is 5.26 Å². The molecule has 0 unspecified atom stereocenters. The molecule has 0 amide bonds. The average molecular weight is 420 g/mol. The predicted octanol–water partition coefficient (Wildman–Crippen LogP) is 5.13. The van der Waals surface area contributed by atoms with Crippen molar-refractivity contribution in [1.82, 2.24) is 9.38 Å². The van der Waals surface area contributed by atoms with Gasteiger partial charge in [-0.05, 0) is 54.4 Å². The van der Waals surface area contributed by atoms with Crippen molar-refractivity contribution in [2.75, 3.05) is 21.3 Å². The molecule has 0 aliphatic heterocycles. The third-order valence-electron chi connectivity index (χ3n) is 5.06. The predicted molar refractivity (Wildman–Crippen MR) is 118 cm³/mol. The van der Waals surface area contributed by atoms with Gasteiger partial charge in [0.15, 0.2) is 4.96 Å². The highest BCUT2D eigenvalue weighted by molar-refractivity contribution is 7.15. The van der Waals surface area contributed by atoms with Crippen molar-refractivity contribution in [1.29, 1.82) is 5.26 Å². The second-order valence-electron chi connectivity index (χ2n) is 6.73. The van der Waals surface area contributed by atoms with Crippen LogP contribution in [0, 0.1) is 18.3 Å². The summed E-state index contributed by atoms with van der Waals surface area (Å²) < 4.78 is 18.4. The standard InChI is InChI=1S/C23H21N3O3S/c1-14-11-15(5-7-20(14)28-3)19-13-30-23-25-22(18(9-10-24)26(19)23)17-12-16(27-2)6-8-21(17)29-4/h5-8,11-13H,9H2,1-4H3. The molecule has 2 aromatic carbocycles. The molecule has 4 rings (SSSR count). The van der Waals surface area contributed by atoms with Crippen molar-refractivity contribution < 1.29 is 14.2 Å². The first-order chi connectivity index (χ1) is 14.6. The van der Waals surface area contributed by atoms with Crippen molar-refractivity contribution in [2.45, 2.75) is 13.3 Å². The third-order valence-corrected chi connectivity index (χ3v) is 5.88. The average Bonchev–Trinajstić information content (AvgIpc) is 3.33. The second kappa shape index (κ2) is 8.09. The van der Waals surface area contributed by atoms with Gasteiger partial charge in [-0.15, -0.1) is 11.3 Å². The first-order valence-electron chi connectivity index (χ1n) is 9.34. The van der Waals surface area contributed by atoms with Gasteiger partial charge in [-0.3, -0.25) is 4.40 Å². The Kier molecular flexibility index (Phi) is 5.34. The molecule has 2 aromatic heterocycles. The summed E-state index contributed by atoms with van der Waals surface area (Å²) in [5.41, 5.74) is 5.43. The maximum absolute atomic E-state index is 9.55. The normalized spacial score (nSPS) is 10.8. The van der Waals surface area contributed by atoms with E-state index in [0.29, 0.717) is 11.5 Å². The molecular weight excluding hydrogens is 398 g/mol. The van der Waals surface area contributed by atoms with Gasteiger partial charge in [-0.1, -0.05) is 0 Å². The molecule has 0 saturated heterocycles. The van der Waals surface area contributed by atoms with Crippen LogP contribution >= 0.6 is 11.3 Å². The number of hydrogen-bond donors (Lipinski definition) is 0. The van der Waals surface area contributed by atoms with Gasteiger partial charge >= 0.3 is 0 Å². The molecule has 6 nitrogen and oxygen atoms in total. The molecule has 7 heteroatoms. The maximum Gasteiger partial charge on any atom is 0.195 e. The number of nitriles is 1. The SMILES string of the molecule is COc1ccc(OC)c(-c2nc3scc(-c4ccc(OC)c(C)c4)n3c2CC#N)c1. The molecule has 0 bridgehead atoms. The van der Waals surface area contributed by atoms with Gasteiger partial charge in [-0.25, -0.2) is 4.98 Å². The summed E-state index contributed by atoms with van der Waals surface area (Å²) in [7, 11) is 4.91. The van der Waals surface area contributed by atoms with Crippen molar-refractivity contribution >= 4 is 16.3 Å². The fourth-order valence-corrected chi connectivity index (χ4v) is 4.52. The quantitative estimate of drug-likeness (QED) is 0.433. The van der Waals surface area contributed by atoms with Gasteiger partial charge in [-0.2, -0.15) is 5.26 Å². The Bertz CT molecular complexity index is 1270. The van der Waals surface area contributed by atoms with Gasteiger partial charge in [0.25, 0.3) is 0 Å². The number of hydrogen-bond acceptors (Lipinski definition) is 6. The van der Waals surface area contributed by atoms with Crippen LogP contribution in [-0.4, -0.2) is 30.7 Å². The molecule has 0 aliphatic rings. The van der Waals surface area contributed by atoms with Gasteiger partial charge in [0.2, 0.25) is 0 Å². The minimum absolute atomic E-state index is 0.218. The molecule has 0 aliphatic carbocycles. The molecule has 152 valence electrons. The number of fused-ring (bicyclic) bond motifs is 1. The van der Waals surface area contributed by atoms with E-state index in [1.165, 1.54) is 0 Å². The van der Waals surface area contributed by atoms with Crippen LogP contribution < -0.4 is 14.2 Å². The van der Waals surface area contributed by atoms with Crippen molar-refractivity contribution in [3.05, 3.63) is 53.0 Å². The fraction of sp³-hybridized carbons (Fsp3) is 0.217. The minimum Gasteiger partial charge on any atom is -0.497 e. The third kappa shape index (κ3) is 3.25. The lowest BCUT2D eigenvalue weighted by molar-refractivity contribution is 0.404. The van der Waals surface area contributed by atoms with Crippen LogP contribution in [0.25, 0.3) is 27.5 Å². The Morgan fingerprint density at radius 1 is 1.03 bits per heavy atom. The molecular formula is C23H21N3O3S. The first-order valence-corrected chi connectivity index (χ1v) is 10.2. The highest BCUT2D eigenvalue weighted by atomic mass is 32.1. The molecule has 0 N–H and O–H groups in total. The van der Waals surface area contributed by atoms with E-state index in [1.807, 2.05) is 37.3 Å². The zero-order chi connectivity index (χ0) is 21.3. The maximum atomic E-state index is 9.55. The highest BCUT2D eigenvalue weighted by Gasteiger charge is 2.22. The lowest BCUT2D eigenvalue weighted by Crippen LogP contribution is -1.97. The zero-order valence-corrected chi connectivity index (χ0v) is 18.0. The Morgan fingerprint density at radius 2 is 1.80 bits per heavy atom. The Labute approximate surface area is 178 Å². The number of benzene rings is 2.